The molecule has 1 aromatic heterocycles. The Morgan fingerprint density at radius 2 is 1.03 bits per heavy atom. The van der Waals surface area contributed by atoms with Crippen LogP contribution in [0.3, 0.4) is 0 Å². The first-order valence-electron chi connectivity index (χ1n) is 23.3. The normalized spacial score (nSPS) is 13.0. The van der Waals surface area contributed by atoms with Crippen molar-refractivity contribution in [3.8, 4) is 44.5 Å². The van der Waals surface area contributed by atoms with Gasteiger partial charge in [-0.25, -0.2) is 0 Å². The van der Waals surface area contributed by atoms with Crippen molar-refractivity contribution in [3.05, 3.63) is 258 Å². The molecule has 0 unspecified atom stereocenters. The predicted molar refractivity (Wildman–Crippen MR) is 285 cm³/mol. The molecule has 67 heavy (non-hydrogen) atoms. The van der Waals surface area contributed by atoms with E-state index in [1.54, 1.807) is 0 Å². The molecule has 2 aliphatic rings. The number of rotatable bonds is 7. The SMILES string of the molecule is C=Cc1ccc(-c2ccc(-c3ccc4c(c3)C3(c5ccccc5-c5ccccc53)c3cc(N(c5ccccc5)c5ccc6c(c5)c5ccccc5n6C)c5ccccc5c3-4)cc2)cc1/C=C\C. The maximum Gasteiger partial charge on any atom is 0.0726 e. The molecular formula is C65H46N2. The van der Waals surface area contributed by atoms with Gasteiger partial charge in [0, 0.05) is 45.6 Å². The highest BCUT2D eigenvalue weighted by molar-refractivity contribution is 6.14. The van der Waals surface area contributed by atoms with Crippen molar-refractivity contribution in [3.63, 3.8) is 0 Å². The Bertz CT molecular complexity index is 3800. The van der Waals surface area contributed by atoms with Crippen LogP contribution in [0.4, 0.5) is 17.1 Å². The van der Waals surface area contributed by atoms with Crippen LogP contribution in [0.1, 0.15) is 40.3 Å². The maximum atomic E-state index is 4.04. The molecule has 2 nitrogen and oxygen atoms in total. The largest absolute Gasteiger partial charge is 0.344 e. The van der Waals surface area contributed by atoms with Crippen LogP contribution in [0.2, 0.25) is 0 Å². The number of anilines is 3. The van der Waals surface area contributed by atoms with E-state index in [1.165, 1.54) is 105 Å². The van der Waals surface area contributed by atoms with Gasteiger partial charge in [-0.3, -0.25) is 0 Å². The zero-order valence-corrected chi connectivity index (χ0v) is 37.5. The number of benzene rings is 10. The van der Waals surface area contributed by atoms with E-state index in [4.69, 9.17) is 0 Å². The molecule has 1 spiro atoms. The lowest BCUT2D eigenvalue weighted by atomic mass is 9.70. The standard InChI is InChI=1S/C65H46N2/c1-4-17-45-38-46(33-28-42(45)5-2)43-29-31-44(32-30-43)47-34-36-55-59(39-47)65(57-25-14-11-20-50(57)51-21-12-15-26-58(51)65)60-41-63(52-22-9-10-24-54(52)64(55)60)67(48-18-7-6-8-19-48)49-35-37-62-56(40-49)53-23-13-16-27-61(53)66(62)3/h4-41H,2H2,1,3H3/b17-4-. The molecule has 0 aliphatic heterocycles. The number of nitrogens with zero attached hydrogens (tertiary/aromatic N) is 2. The van der Waals surface area contributed by atoms with E-state index in [0.29, 0.717) is 0 Å². The number of hydrogen-bond acceptors (Lipinski definition) is 1. The summed E-state index contributed by atoms with van der Waals surface area (Å²) in [7, 11) is 2.17. The Hall–Kier alpha value is -8.46. The third-order valence-electron chi connectivity index (χ3n) is 14.7. The Morgan fingerprint density at radius 3 is 1.75 bits per heavy atom. The molecule has 2 heteroatoms. The number of aromatic nitrogens is 1. The van der Waals surface area contributed by atoms with Crippen molar-refractivity contribution in [1.82, 2.24) is 4.57 Å². The first-order chi connectivity index (χ1) is 33.1. The molecule has 0 saturated heterocycles. The van der Waals surface area contributed by atoms with Crippen molar-refractivity contribution in [2.75, 3.05) is 4.90 Å². The summed E-state index contributed by atoms with van der Waals surface area (Å²) in [5.74, 6) is 0. The van der Waals surface area contributed by atoms with Crippen molar-refractivity contribution in [2.24, 2.45) is 7.05 Å². The zero-order chi connectivity index (χ0) is 44.8. The number of allylic oxidation sites excluding steroid dienone is 1. The molecule has 0 N–H and O–H groups in total. The lowest BCUT2D eigenvalue weighted by Gasteiger charge is -2.33. The molecule has 10 aromatic carbocycles. The molecule has 13 rings (SSSR count). The average Bonchev–Trinajstić information content (AvgIpc) is 3.97. The van der Waals surface area contributed by atoms with E-state index < -0.39 is 5.41 Å². The topological polar surface area (TPSA) is 8.17 Å². The second-order valence-electron chi connectivity index (χ2n) is 18.0. The van der Waals surface area contributed by atoms with Gasteiger partial charge in [-0.2, -0.15) is 0 Å². The number of para-hydroxylation sites is 2. The molecular weight excluding hydrogens is 809 g/mol. The minimum Gasteiger partial charge on any atom is -0.344 e. The van der Waals surface area contributed by atoms with Gasteiger partial charge in [0.05, 0.1) is 11.1 Å². The minimum absolute atomic E-state index is 0.565. The summed E-state index contributed by atoms with van der Waals surface area (Å²) >= 11 is 0. The fourth-order valence-electron chi connectivity index (χ4n) is 11.8. The summed E-state index contributed by atoms with van der Waals surface area (Å²) in [6.45, 7) is 6.10. The van der Waals surface area contributed by atoms with Crippen LogP contribution >= 0.6 is 0 Å². The van der Waals surface area contributed by atoms with Crippen LogP contribution in [0.5, 0.6) is 0 Å². The van der Waals surface area contributed by atoms with Crippen LogP contribution in [-0.4, -0.2) is 4.57 Å². The van der Waals surface area contributed by atoms with Gasteiger partial charge in [0.15, 0.2) is 0 Å². The molecule has 1 heterocycles. The Labute approximate surface area is 391 Å². The summed E-state index contributed by atoms with van der Waals surface area (Å²) < 4.78 is 2.31. The number of fused-ring (bicyclic) bond motifs is 15. The number of hydrogen-bond donors (Lipinski definition) is 0. The first-order valence-corrected chi connectivity index (χ1v) is 23.3. The second-order valence-corrected chi connectivity index (χ2v) is 18.0. The highest BCUT2D eigenvalue weighted by atomic mass is 15.1. The summed E-state index contributed by atoms with van der Waals surface area (Å²) in [5.41, 5.74) is 22.8. The zero-order valence-electron chi connectivity index (χ0n) is 37.5. The summed E-state index contributed by atoms with van der Waals surface area (Å²) in [4.78, 5) is 2.49. The third kappa shape index (κ3) is 5.63. The third-order valence-corrected chi connectivity index (χ3v) is 14.7. The van der Waals surface area contributed by atoms with Gasteiger partial charge in [0.2, 0.25) is 0 Å². The van der Waals surface area contributed by atoms with Crippen LogP contribution in [-0.2, 0) is 12.5 Å². The van der Waals surface area contributed by atoms with E-state index in [2.05, 4.69) is 254 Å². The molecule has 0 amide bonds. The van der Waals surface area contributed by atoms with Crippen molar-refractivity contribution in [2.45, 2.75) is 12.3 Å². The Kier molecular flexibility index (Phi) is 8.75. The molecule has 0 radical (unpaired) electrons. The van der Waals surface area contributed by atoms with Crippen molar-refractivity contribution >= 4 is 61.8 Å². The van der Waals surface area contributed by atoms with Gasteiger partial charge in [0.25, 0.3) is 0 Å². The molecule has 0 bridgehead atoms. The minimum atomic E-state index is -0.565. The smallest absolute Gasteiger partial charge is 0.0726 e. The Morgan fingerprint density at radius 1 is 0.433 bits per heavy atom. The van der Waals surface area contributed by atoms with E-state index in [9.17, 15) is 0 Å². The van der Waals surface area contributed by atoms with E-state index in [0.717, 1.165) is 22.6 Å². The predicted octanol–water partition coefficient (Wildman–Crippen LogP) is 17.3. The van der Waals surface area contributed by atoms with Crippen LogP contribution < -0.4 is 4.90 Å². The van der Waals surface area contributed by atoms with Gasteiger partial charge in [0.1, 0.15) is 0 Å². The summed E-state index contributed by atoms with van der Waals surface area (Å²) in [6.07, 6.45) is 6.17. The van der Waals surface area contributed by atoms with E-state index in [1.807, 2.05) is 6.08 Å². The molecule has 316 valence electrons. The monoisotopic (exact) mass is 854 g/mol. The van der Waals surface area contributed by atoms with Crippen LogP contribution in [0, 0.1) is 0 Å². The van der Waals surface area contributed by atoms with E-state index in [-0.39, 0.29) is 0 Å². The fourth-order valence-corrected chi connectivity index (χ4v) is 11.8. The second kappa shape index (κ2) is 15.1. The lowest BCUT2D eigenvalue weighted by Crippen LogP contribution is -2.26. The van der Waals surface area contributed by atoms with Gasteiger partial charge < -0.3 is 9.47 Å². The number of aryl methyl sites for hydroxylation is 1. The Balaban J connectivity index is 1.06. The molecule has 11 aromatic rings. The highest BCUT2D eigenvalue weighted by Crippen LogP contribution is 2.65. The van der Waals surface area contributed by atoms with Gasteiger partial charge in [-0.1, -0.05) is 183 Å². The maximum absolute atomic E-state index is 4.04. The first kappa shape index (κ1) is 39.0. The van der Waals surface area contributed by atoms with Crippen LogP contribution in [0.25, 0.3) is 89.2 Å². The van der Waals surface area contributed by atoms with Crippen LogP contribution in [0.15, 0.2) is 225 Å². The summed E-state index contributed by atoms with van der Waals surface area (Å²) in [5, 5.41) is 4.96. The molecule has 2 aliphatic carbocycles. The molecule has 0 saturated carbocycles. The highest BCUT2D eigenvalue weighted by Gasteiger charge is 2.52. The quantitative estimate of drug-likeness (QED) is 0.155. The van der Waals surface area contributed by atoms with Crippen molar-refractivity contribution in [1.29, 1.82) is 0 Å². The summed E-state index contributed by atoms with van der Waals surface area (Å²) in [6, 6.07) is 79.5. The van der Waals surface area contributed by atoms with Gasteiger partial charge in [-0.15, -0.1) is 0 Å². The fraction of sp³-hybridized carbons (Fsp3) is 0.0462. The molecule has 0 fully saturated rings. The van der Waals surface area contributed by atoms with Crippen molar-refractivity contribution < 1.29 is 0 Å². The van der Waals surface area contributed by atoms with Gasteiger partial charge in [-0.05, 0) is 145 Å². The lowest BCUT2D eigenvalue weighted by molar-refractivity contribution is 0.794. The molecule has 0 atom stereocenters. The van der Waals surface area contributed by atoms with E-state index >= 15 is 0 Å². The van der Waals surface area contributed by atoms with Gasteiger partial charge >= 0.3 is 0 Å². The average molecular weight is 855 g/mol.